The number of nitrogens with two attached hydrogens (primary N) is 1. The van der Waals surface area contributed by atoms with Crippen molar-refractivity contribution in [2.45, 2.75) is 103 Å². The number of rotatable bonds is 7. The van der Waals surface area contributed by atoms with Crippen molar-refractivity contribution >= 4 is 28.9 Å². The van der Waals surface area contributed by atoms with E-state index in [1.807, 2.05) is 19.1 Å². The first-order valence-corrected chi connectivity index (χ1v) is 18.2. The van der Waals surface area contributed by atoms with Gasteiger partial charge in [-0.3, -0.25) is 9.59 Å². The molecule has 0 aliphatic carbocycles. The number of nitrogens with zero attached hydrogens (tertiary/aromatic N) is 4. The molecule has 1 amide bonds. The number of piperidine rings is 2. The molecule has 2 N–H and O–H groups in total. The number of cyclic esters (lactones) is 1. The lowest BCUT2D eigenvalue weighted by molar-refractivity contribution is -0.190. The number of likely N-dealkylation sites (tertiary alicyclic amines) is 2. The van der Waals surface area contributed by atoms with E-state index < -0.39 is 23.6 Å². The van der Waals surface area contributed by atoms with Crippen molar-refractivity contribution in [3.63, 3.8) is 0 Å². The number of pyridine rings is 2. The van der Waals surface area contributed by atoms with Crippen LogP contribution in [0.1, 0.15) is 88.5 Å². The van der Waals surface area contributed by atoms with Gasteiger partial charge in [-0.2, -0.15) is 0 Å². The largest absolute Gasteiger partial charge is 0.457 e. The van der Waals surface area contributed by atoms with E-state index in [1.165, 1.54) is 19.3 Å². The molecule has 0 bridgehead atoms. The van der Waals surface area contributed by atoms with Crippen LogP contribution < -0.4 is 16.0 Å². The number of hydrogen-bond donors (Lipinski definition) is 1. The number of esters is 2. The molecule has 1 aromatic carbocycles. The minimum atomic E-state index is -1.80. The maximum absolute atomic E-state index is 14.1. The fraction of sp³-hybridized carbons (Fsp3) is 0.553. The van der Waals surface area contributed by atoms with Gasteiger partial charge in [-0.15, -0.1) is 0 Å². The number of benzene rings is 1. The van der Waals surface area contributed by atoms with Crippen molar-refractivity contribution in [2.24, 2.45) is 11.7 Å². The van der Waals surface area contributed by atoms with Crippen LogP contribution in [0.4, 0.5) is 4.79 Å². The van der Waals surface area contributed by atoms with Crippen LogP contribution in [-0.4, -0.2) is 75.6 Å². The fourth-order valence-electron chi connectivity index (χ4n) is 8.14. The van der Waals surface area contributed by atoms with Crippen molar-refractivity contribution in [3.05, 3.63) is 56.9 Å². The Morgan fingerprint density at radius 2 is 1.78 bits per heavy atom. The minimum absolute atomic E-state index is 0.0639. The first-order chi connectivity index (χ1) is 24.1. The van der Waals surface area contributed by atoms with Gasteiger partial charge in [0.15, 0.2) is 0 Å². The highest BCUT2D eigenvalue weighted by atomic mass is 16.6. The maximum Gasteiger partial charge on any atom is 0.415 e. The van der Waals surface area contributed by atoms with E-state index in [2.05, 4.69) is 4.90 Å². The predicted octanol–water partition coefficient (Wildman–Crippen LogP) is 4.63. The average molecular weight is 686 g/mol. The maximum atomic E-state index is 14.1. The molecule has 0 spiro atoms. The normalized spacial score (nSPS) is 21.4. The molecule has 0 saturated carbocycles. The Morgan fingerprint density at radius 3 is 2.46 bits per heavy atom. The lowest BCUT2D eigenvalue weighted by atomic mass is 9.85. The quantitative estimate of drug-likeness (QED) is 0.273. The Balaban J connectivity index is 1.18. The lowest BCUT2D eigenvalue weighted by Gasteiger charge is -2.39. The number of fused-ring (bicyclic) bond motifs is 5. The van der Waals surface area contributed by atoms with Gasteiger partial charge in [-0.25, -0.2) is 14.6 Å². The number of aryl methyl sites for hydroxylation is 1. The van der Waals surface area contributed by atoms with Crippen molar-refractivity contribution in [2.75, 3.05) is 26.2 Å². The highest BCUT2D eigenvalue weighted by Gasteiger charge is 2.51. The molecule has 6 heterocycles. The molecule has 3 aromatic rings. The number of amides is 1. The number of hydrogen-bond acceptors (Lipinski definition) is 10. The third kappa shape index (κ3) is 5.75. The summed E-state index contributed by atoms with van der Waals surface area (Å²) in [5.74, 6) is -1.23. The predicted molar refractivity (Wildman–Crippen MR) is 187 cm³/mol. The molecular weight excluding hydrogens is 638 g/mol. The monoisotopic (exact) mass is 685 g/mol. The van der Waals surface area contributed by atoms with Crippen molar-refractivity contribution in [1.29, 1.82) is 0 Å². The molecule has 4 aliphatic rings. The van der Waals surface area contributed by atoms with E-state index in [0.717, 1.165) is 42.4 Å². The summed E-state index contributed by atoms with van der Waals surface area (Å²) in [5, 5.41) is 0.851. The zero-order valence-corrected chi connectivity index (χ0v) is 29.5. The van der Waals surface area contributed by atoms with Gasteiger partial charge in [0.25, 0.3) is 5.56 Å². The van der Waals surface area contributed by atoms with E-state index in [9.17, 15) is 19.2 Å². The molecule has 2 aromatic heterocycles. The number of carbonyl (C=O) groups excluding carboxylic acids is 3. The van der Waals surface area contributed by atoms with Crippen LogP contribution in [0.15, 0.2) is 29.1 Å². The van der Waals surface area contributed by atoms with Crippen LogP contribution >= 0.6 is 0 Å². The SMILES string of the molecule is CCc1c2c(nc3ccc(OC(=O)N4CCC(N5CCCCC5)CC4)cc13)-c1cc3c(c(=O)n1C2)COC(=O)[C@@]3(CC)OC(=O)C(N)C(C)C. The lowest BCUT2D eigenvalue weighted by Crippen LogP contribution is -2.50. The van der Waals surface area contributed by atoms with Crippen LogP contribution in [0.2, 0.25) is 0 Å². The zero-order chi connectivity index (χ0) is 35.3. The summed E-state index contributed by atoms with van der Waals surface area (Å²) < 4.78 is 18.9. The summed E-state index contributed by atoms with van der Waals surface area (Å²) in [4.78, 5) is 63.1. The average Bonchev–Trinajstić information content (AvgIpc) is 3.50. The summed E-state index contributed by atoms with van der Waals surface area (Å²) in [6.07, 6.45) is 6.11. The van der Waals surface area contributed by atoms with Crippen LogP contribution in [0.3, 0.4) is 0 Å². The molecule has 7 rings (SSSR count). The van der Waals surface area contributed by atoms with E-state index in [1.54, 1.807) is 42.4 Å². The van der Waals surface area contributed by atoms with Crippen LogP contribution in [0.25, 0.3) is 22.3 Å². The highest BCUT2D eigenvalue weighted by Crippen LogP contribution is 2.42. The number of aromatic nitrogens is 2. The van der Waals surface area contributed by atoms with E-state index in [-0.39, 0.29) is 42.7 Å². The second-order valence-corrected chi connectivity index (χ2v) is 14.4. The Morgan fingerprint density at radius 1 is 1.04 bits per heavy atom. The number of ether oxygens (including phenoxy) is 3. The van der Waals surface area contributed by atoms with Gasteiger partial charge in [-0.05, 0) is 87.4 Å². The number of carbonyl (C=O) groups is 3. The molecular formula is C38H47N5O7. The molecule has 2 fully saturated rings. The van der Waals surface area contributed by atoms with Gasteiger partial charge in [0.2, 0.25) is 5.60 Å². The van der Waals surface area contributed by atoms with Crippen LogP contribution in [-0.2, 0) is 44.2 Å². The second-order valence-electron chi connectivity index (χ2n) is 14.4. The standard InChI is InChI=1S/C38H47N5O7/c1-5-25-26-18-24(49-37(47)42-16-12-23(13-17-42)41-14-8-7-9-15-41)10-11-30(26)40-33-27(25)20-43-31(33)19-29-28(34(43)44)21-48-36(46)38(29,6-2)50-35(45)32(39)22(3)4/h10-11,18-19,22-23,32H,5-9,12-17,20-21,39H2,1-4H3/t32?,38-/m0/s1. The summed E-state index contributed by atoms with van der Waals surface area (Å²) in [6.45, 7) is 11.1. The highest BCUT2D eigenvalue weighted by molar-refractivity contribution is 5.91. The van der Waals surface area contributed by atoms with Gasteiger partial charge < -0.3 is 34.3 Å². The molecule has 4 aliphatic heterocycles. The summed E-state index contributed by atoms with van der Waals surface area (Å²) in [7, 11) is 0. The Hall–Kier alpha value is -4.29. The third-order valence-electron chi connectivity index (χ3n) is 11.2. The molecule has 50 heavy (non-hydrogen) atoms. The Kier molecular flexibility index (Phi) is 9.19. The first kappa shape index (κ1) is 34.2. The van der Waals surface area contributed by atoms with E-state index in [0.29, 0.717) is 53.8 Å². The zero-order valence-electron chi connectivity index (χ0n) is 29.5. The van der Waals surface area contributed by atoms with Crippen LogP contribution in [0.5, 0.6) is 5.75 Å². The van der Waals surface area contributed by atoms with Gasteiger partial charge in [-0.1, -0.05) is 34.1 Å². The molecule has 2 atom stereocenters. The Labute approximate surface area is 291 Å². The smallest absolute Gasteiger partial charge is 0.415 e. The van der Waals surface area contributed by atoms with Crippen molar-refractivity contribution in [3.8, 4) is 17.1 Å². The van der Waals surface area contributed by atoms with Crippen molar-refractivity contribution < 1.29 is 28.6 Å². The van der Waals surface area contributed by atoms with E-state index in [4.69, 9.17) is 24.9 Å². The molecule has 12 nitrogen and oxygen atoms in total. The first-order valence-electron chi connectivity index (χ1n) is 18.2. The third-order valence-corrected chi connectivity index (χ3v) is 11.2. The van der Waals surface area contributed by atoms with Gasteiger partial charge in [0.05, 0.1) is 29.0 Å². The molecule has 1 unspecified atom stereocenters. The second kappa shape index (κ2) is 13.4. The molecule has 266 valence electrons. The molecule has 2 saturated heterocycles. The van der Waals surface area contributed by atoms with Gasteiger partial charge in [0, 0.05) is 35.6 Å². The van der Waals surface area contributed by atoms with Gasteiger partial charge in [0.1, 0.15) is 18.4 Å². The van der Waals surface area contributed by atoms with Crippen LogP contribution in [0, 0.1) is 5.92 Å². The molecule has 0 radical (unpaired) electrons. The molecule has 12 heteroatoms. The minimum Gasteiger partial charge on any atom is -0.457 e. The summed E-state index contributed by atoms with van der Waals surface area (Å²) in [6, 6.07) is 6.79. The summed E-state index contributed by atoms with van der Waals surface area (Å²) in [5.41, 5.74) is 8.29. The van der Waals surface area contributed by atoms with Crippen molar-refractivity contribution in [1.82, 2.24) is 19.4 Å². The fourth-order valence-corrected chi connectivity index (χ4v) is 8.14. The van der Waals surface area contributed by atoms with E-state index >= 15 is 0 Å². The topological polar surface area (TPSA) is 146 Å². The summed E-state index contributed by atoms with van der Waals surface area (Å²) >= 11 is 0. The Bertz CT molecular complexity index is 1910. The van der Waals surface area contributed by atoms with Gasteiger partial charge >= 0.3 is 18.0 Å².